The van der Waals surface area contributed by atoms with E-state index in [2.05, 4.69) is 66.6 Å². The molecule has 0 spiro atoms. The van der Waals surface area contributed by atoms with Crippen LogP contribution in [0.4, 0.5) is 0 Å². The van der Waals surface area contributed by atoms with E-state index in [0.717, 1.165) is 11.6 Å². The van der Waals surface area contributed by atoms with E-state index in [9.17, 15) is 0 Å². The number of benzene rings is 1. The third-order valence-electron chi connectivity index (χ3n) is 3.72. The van der Waals surface area contributed by atoms with Crippen molar-refractivity contribution in [3.63, 3.8) is 0 Å². The average Bonchev–Trinajstić information content (AvgIpc) is 3.09. The van der Waals surface area contributed by atoms with Crippen molar-refractivity contribution in [1.29, 1.82) is 0 Å². The van der Waals surface area contributed by atoms with Crippen LogP contribution >= 0.6 is 11.3 Å². The van der Waals surface area contributed by atoms with E-state index >= 15 is 0 Å². The van der Waals surface area contributed by atoms with Gasteiger partial charge in [-0.15, -0.1) is 10.2 Å². The van der Waals surface area contributed by atoms with Crippen LogP contribution < -0.4 is 5.32 Å². The number of nitrogens with zero attached hydrogens (tertiary/aromatic N) is 2. The van der Waals surface area contributed by atoms with E-state index in [-0.39, 0.29) is 11.0 Å². The lowest BCUT2D eigenvalue weighted by atomic mass is 9.97. The molecule has 3 rings (SSSR count). The maximum atomic E-state index is 4.46. The van der Waals surface area contributed by atoms with Crippen LogP contribution in [0.5, 0.6) is 0 Å². The van der Waals surface area contributed by atoms with E-state index in [1.807, 2.05) is 0 Å². The number of nitrogens with one attached hydrogen (secondary N) is 1. The molecule has 0 bridgehead atoms. The highest BCUT2D eigenvalue weighted by atomic mass is 32.1. The summed E-state index contributed by atoms with van der Waals surface area (Å²) in [6, 6.07) is 10.7. The summed E-state index contributed by atoms with van der Waals surface area (Å²) in [5.74, 6) is 0. The van der Waals surface area contributed by atoms with E-state index < -0.39 is 0 Å². The zero-order chi connectivity index (χ0) is 14.2. The summed E-state index contributed by atoms with van der Waals surface area (Å²) in [7, 11) is 0. The van der Waals surface area contributed by atoms with Gasteiger partial charge in [0.15, 0.2) is 0 Å². The summed E-state index contributed by atoms with van der Waals surface area (Å²) in [5, 5.41) is 14.5. The van der Waals surface area contributed by atoms with Crippen LogP contribution in [0.3, 0.4) is 0 Å². The van der Waals surface area contributed by atoms with Crippen molar-refractivity contribution in [1.82, 2.24) is 15.5 Å². The summed E-state index contributed by atoms with van der Waals surface area (Å²) in [6.07, 6.45) is 2.39. The average molecular weight is 287 g/mol. The number of rotatable bonds is 4. The summed E-state index contributed by atoms with van der Waals surface area (Å²) >= 11 is 1.75. The standard InChI is InChI=1S/C16H21N3S/c1-15(2,3)17-11-13-18-19-14(20-13)16(9-10-16)12-7-5-4-6-8-12/h4-8,17H,9-11H2,1-3H3. The molecule has 106 valence electrons. The second-order valence-corrected chi connectivity index (χ2v) is 7.61. The Balaban J connectivity index is 1.77. The molecule has 0 unspecified atom stereocenters. The van der Waals surface area contributed by atoms with Crippen molar-refractivity contribution in [2.75, 3.05) is 0 Å². The maximum absolute atomic E-state index is 4.46. The molecule has 0 atom stereocenters. The highest BCUT2D eigenvalue weighted by molar-refractivity contribution is 7.11. The first kappa shape index (κ1) is 13.7. The molecule has 1 aliphatic carbocycles. The second-order valence-electron chi connectivity index (χ2n) is 6.55. The summed E-state index contributed by atoms with van der Waals surface area (Å²) in [5.41, 5.74) is 1.65. The Kier molecular flexibility index (Phi) is 3.38. The van der Waals surface area contributed by atoms with Crippen LogP contribution in [-0.2, 0) is 12.0 Å². The number of hydrogen-bond donors (Lipinski definition) is 1. The van der Waals surface area contributed by atoms with E-state index in [1.165, 1.54) is 23.4 Å². The fourth-order valence-corrected chi connectivity index (χ4v) is 3.42. The largest absolute Gasteiger partial charge is 0.306 e. The molecular weight excluding hydrogens is 266 g/mol. The van der Waals surface area contributed by atoms with Crippen LogP contribution in [-0.4, -0.2) is 15.7 Å². The van der Waals surface area contributed by atoms with Crippen molar-refractivity contribution < 1.29 is 0 Å². The summed E-state index contributed by atoms with van der Waals surface area (Å²) in [4.78, 5) is 0. The lowest BCUT2D eigenvalue weighted by Gasteiger charge is -2.19. The summed E-state index contributed by atoms with van der Waals surface area (Å²) < 4.78 is 0. The summed E-state index contributed by atoms with van der Waals surface area (Å²) in [6.45, 7) is 7.30. The van der Waals surface area contributed by atoms with Gasteiger partial charge in [0.1, 0.15) is 10.0 Å². The van der Waals surface area contributed by atoms with Gasteiger partial charge in [-0.25, -0.2) is 0 Å². The molecule has 2 aromatic rings. The van der Waals surface area contributed by atoms with Crippen molar-refractivity contribution in [3.8, 4) is 0 Å². The Morgan fingerprint density at radius 1 is 1.15 bits per heavy atom. The number of hydrogen-bond acceptors (Lipinski definition) is 4. The fourth-order valence-electron chi connectivity index (χ4n) is 2.37. The topological polar surface area (TPSA) is 37.8 Å². The first-order valence-corrected chi connectivity index (χ1v) is 7.95. The van der Waals surface area contributed by atoms with Crippen molar-refractivity contribution in [2.45, 2.75) is 51.1 Å². The molecule has 1 saturated carbocycles. The molecule has 1 aliphatic rings. The third kappa shape index (κ3) is 2.76. The monoisotopic (exact) mass is 287 g/mol. The first-order valence-electron chi connectivity index (χ1n) is 7.13. The first-order chi connectivity index (χ1) is 9.50. The maximum Gasteiger partial charge on any atom is 0.131 e. The molecule has 1 aromatic heterocycles. The number of aromatic nitrogens is 2. The SMILES string of the molecule is CC(C)(C)NCc1nnc(C2(c3ccccc3)CC2)s1. The molecule has 0 saturated heterocycles. The smallest absolute Gasteiger partial charge is 0.131 e. The van der Waals surface area contributed by atoms with Crippen LogP contribution in [0.25, 0.3) is 0 Å². The minimum atomic E-state index is 0.114. The van der Waals surface area contributed by atoms with Crippen LogP contribution in [0.15, 0.2) is 30.3 Å². The molecular formula is C16H21N3S. The lowest BCUT2D eigenvalue weighted by Crippen LogP contribution is -2.35. The van der Waals surface area contributed by atoms with Gasteiger partial charge in [0.05, 0.1) is 6.54 Å². The third-order valence-corrected chi connectivity index (χ3v) is 4.85. The molecule has 20 heavy (non-hydrogen) atoms. The fraction of sp³-hybridized carbons (Fsp3) is 0.500. The quantitative estimate of drug-likeness (QED) is 0.935. The van der Waals surface area contributed by atoms with Gasteiger partial charge < -0.3 is 5.32 Å². The van der Waals surface area contributed by atoms with Gasteiger partial charge in [0.2, 0.25) is 0 Å². The minimum Gasteiger partial charge on any atom is -0.306 e. The van der Waals surface area contributed by atoms with Crippen molar-refractivity contribution in [3.05, 3.63) is 45.9 Å². The van der Waals surface area contributed by atoms with Gasteiger partial charge in [0.25, 0.3) is 0 Å². The van der Waals surface area contributed by atoms with Crippen molar-refractivity contribution >= 4 is 11.3 Å². The Morgan fingerprint density at radius 2 is 1.85 bits per heavy atom. The van der Waals surface area contributed by atoms with Gasteiger partial charge in [-0.3, -0.25) is 0 Å². The van der Waals surface area contributed by atoms with Gasteiger partial charge in [-0.1, -0.05) is 41.7 Å². The highest BCUT2D eigenvalue weighted by Gasteiger charge is 2.48. The van der Waals surface area contributed by atoms with Crippen LogP contribution in [0.2, 0.25) is 0 Å². The van der Waals surface area contributed by atoms with Crippen LogP contribution in [0, 0.1) is 0 Å². The predicted octanol–water partition coefficient (Wildman–Crippen LogP) is 3.51. The molecule has 4 heteroatoms. The molecule has 0 radical (unpaired) electrons. The van der Waals surface area contributed by atoms with Gasteiger partial charge >= 0.3 is 0 Å². The molecule has 1 fully saturated rings. The Morgan fingerprint density at radius 3 is 2.45 bits per heavy atom. The molecule has 0 amide bonds. The van der Waals surface area contributed by atoms with Crippen LogP contribution in [0.1, 0.15) is 49.2 Å². The highest BCUT2D eigenvalue weighted by Crippen LogP contribution is 2.54. The predicted molar refractivity (Wildman–Crippen MR) is 83.0 cm³/mol. The van der Waals surface area contributed by atoms with Gasteiger partial charge in [0, 0.05) is 11.0 Å². The molecule has 3 nitrogen and oxygen atoms in total. The Bertz CT molecular complexity index is 579. The van der Waals surface area contributed by atoms with Crippen molar-refractivity contribution in [2.24, 2.45) is 0 Å². The zero-order valence-corrected chi connectivity index (χ0v) is 13.1. The minimum absolute atomic E-state index is 0.114. The van der Waals surface area contributed by atoms with E-state index in [0.29, 0.717) is 0 Å². The molecule has 0 aliphatic heterocycles. The molecule has 1 aromatic carbocycles. The van der Waals surface area contributed by atoms with E-state index in [1.54, 1.807) is 11.3 Å². The normalized spacial score (nSPS) is 17.1. The van der Waals surface area contributed by atoms with E-state index in [4.69, 9.17) is 0 Å². The van der Waals surface area contributed by atoms with Gasteiger partial charge in [-0.2, -0.15) is 0 Å². The lowest BCUT2D eigenvalue weighted by molar-refractivity contribution is 0.423. The molecule has 1 N–H and O–H groups in total. The zero-order valence-electron chi connectivity index (χ0n) is 12.3. The van der Waals surface area contributed by atoms with Gasteiger partial charge in [-0.05, 0) is 39.2 Å². The second kappa shape index (κ2) is 4.93. The Labute approximate surface area is 124 Å². The molecule has 1 heterocycles. The Hall–Kier alpha value is -1.26.